The summed E-state index contributed by atoms with van der Waals surface area (Å²) in [5.74, 6) is -2.37. The van der Waals surface area contributed by atoms with E-state index in [2.05, 4.69) is 15.3 Å². The van der Waals surface area contributed by atoms with Gasteiger partial charge in [-0.3, -0.25) is 9.59 Å². The molecular weight excluding hydrogens is 496 g/mol. The smallest absolute Gasteiger partial charge is 0.342 e. The third-order valence-electron chi connectivity index (χ3n) is 5.32. The number of phenolic OH excluding ortho intramolecular Hbond substituents is 1. The molecule has 3 atom stereocenters. The summed E-state index contributed by atoms with van der Waals surface area (Å²) in [6.07, 6.45) is 7.96. The van der Waals surface area contributed by atoms with E-state index < -0.39 is 42.8 Å². The number of hydrogen-bond acceptors (Lipinski definition) is 10. The van der Waals surface area contributed by atoms with Crippen LogP contribution in [0, 0.1) is 0 Å². The fraction of sp³-hybridized carbons (Fsp3) is 0.333. The third-order valence-corrected chi connectivity index (χ3v) is 5.32. The van der Waals surface area contributed by atoms with Crippen LogP contribution in [0.15, 0.2) is 71.6 Å². The number of allylic oxidation sites excluding steroid dienone is 2. The van der Waals surface area contributed by atoms with Crippen molar-refractivity contribution < 1.29 is 44.0 Å². The number of rotatable bonds is 7. The van der Waals surface area contributed by atoms with Crippen LogP contribution in [0.4, 0.5) is 0 Å². The van der Waals surface area contributed by atoms with Gasteiger partial charge in [0.05, 0.1) is 25.3 Å². The number of nitrogens with zero attached hydrogens (tertiary/aromatic N) is 1. The Morgan fingerprint density at radius 1 is 1.26 bits per heavy atom. The zero-order chi connectivity index (χ0) is 27.9. The molecule has 1 aliphatic heterocycles. The topological polar surface area (TPSA) is 164 Å². The Morgan fingerprint density at radius 2 is 2.05 bits per heavy atom. The SMILES string of the molecule is CO/N=C\C=C/C(=O)N/C=C/CC1CC(=O)OC(CO)/C=C/C(O)C(C)=CCc2cccc(O)c2C(=O)O1. The summed E-state index contributed by atoms with van der Waals surface area (Å²) in [6.45, 7) is 1.16. The summed E-state index contributed by atoms with van der Waals surface area (Å²) in [7, 11) is 1.37. The van der Waals surface area contributed by atoms with Crippen molar-refractivity contribution >= 4 is 24.1 Å². The largest absolute Gasteiger partial charge is 0.507 e. The van der Waals surface area contributed by atoms with Crippen molar-refractivity contribution in [2.45, 2.75) is 44.5 Å². The van der Waals surface area contributed by atoms with Gasteiger partial charge in [0.2, 0.25) is 5.91 Å². The minimum absolute atomic E-state index is 0.0241. The molecule has 0 aromatic heterocycles. The summed E-state index contributed by atoms with van der Waals surface area (Å²) in [6, 6.07) is 4.57. The molecule has 204 valence electrons. The maximum Gasteiger partial charge on any atom is 0.342 e. The number of carbonyl (C=O) groups excluding carboxylic acids is 3. The van der Waals surface area contributed by atoms with Crippen LogP contribution in [0.25, 0.3) is 0 Å². The Hall–Kier alpha value is -4.22. The summed E-state index contributed by atoms with van der Waals surface area (Å²) in [5, 5.41) is 36.3. The number of phenols is 1. The van der Waals surface area contributed by atoms with E-state index in [1.165, 1.54) is 56.0 Å². The summed E-state index contributed by atoms with van der Waals surface area (Å²) >= 11 is 0. The molecule has 1 aliphatic rings. The first kappa shape index (κ1) is 30.0. The second-order valence-corrected chi connectivity index (χ2v) is 8.18. The molecule has 0 aliphatic carbocycles. The van der Waals surface area contributed by atoms with E-state index in [-0.39, 0.29) is 30.6 Å². The van der Waals surface area contributed by atoms with Crippen LogP contribution < -0.4 is 5.32 Å². The molecule has 11 nitrogen and oxygen atoms in total. The lowest BCUT2D eigenvalue weighted by Crippen LogP contribution is -2.27. The number of fused-ring (bicyclic) bond motifs is 1. The summed E-state index contributed by atoms with van der Waals surface area (Å²) < 4.78 is 10.8. The van der Waals surface area contributed by atoms with Gasteiger partial charge in [-0.05, 0) is 42.7 Å². The third kappa shape index (κ3) is 10.0. The highest BCUT2D eigenvalue weighted by Crippen LogP contribution is 2.25. The van der Waals surface area contributed by atoms with E-state index >= 15 is 0 Å². The lowest BCUT2D eigenvalue weighted by atomic mass is 10.0. The molecule has 2 rings (SSSR count). The second kappa shape index (κ2) is 15.8. The van der Waals surface area contributed by atoms with Crippen molar-refractivity contribution in [3.05, 3.63) is 77.6 Å². The lowest BCUT2D eigenvalue weighted by molar-refractivity contribution is -0.150. The number of aromatic hydroxyl groups is 1. The first-order chi connectivity index (χ1) is 18.2. The number of carbonyl (C=O) groups is 3. The first-order valence-electron chi connectivity index (χ1n) is 11.8. The molecule has 0 fully saturated rings. The van der Waals surface area contributed by atoms with Crippen molar-refractivity contribution in [3.8, 4) is 5.75 Å². The van der Waals surface area contributed by atoms with Crippen LogP contribution in [0.2, 0.25) is 0 Å². The van der Waals surface area contributed by atoms with Crippen LogP contribution in [0.5, 0.6) is 5.75 Å². The molecule has 4 N–H and O–H groups in total. The number of benzene rings is 1. The van der Waals surface area contributed by atoms with E-state index in [0.717, 1.165) is 0 Å². The Morgan fingerprint density at radius 3 is 2.79 bits per heavy atom. The van der Waals surface area contributed by atoms with Crippen molar-refractivity contribution in [2.75, 3.05) is 13.7 Å². The van der Waals surface area contributed by atoms with Gasteiger partial charge in [-0.25, -0.2) is 4.79 Å². The molecule has 0 spiro atoms. The van der Waals surface area contributed by atoms with Crippen LogP contribution in [0.3, 0.4) is 0 Å². The average molecular weight is 529 g/mol. The Labute approximate surface area is 220 Å². The van der Waals surface area contributed by atoms with Gasteiger partial charge >= 0.3 is 11.9 Å². The van der Waals surface area contributed by atoms with E-state index in [0.29, 0.717) is 11.1 Å². The van der Waals surface area contributed by atoms with Crippen molar-refractivity contribution in [1.82, 2.24) is 5.32 Å². The van der Waals surface area contributed by atoms with Crippen molar-refractivity contribution in [3.63, 3.8) is 0 Å². The van der Waals surface area contributed by atoms with Gasteiger partial charge < -0.3 is 34.9 Å². The fourth-order valence-corrected chi connectivity index (χ4v) is 3.32. The number of ether oxygens (including phenoxy) is 2. The number of hydrogen-bond donors (Lipinski definition) is 4. The van der Waals surface area contributed by atoms with Crippen LogP contribution in [0.1, 0.15) is 35.7 Å². The molecule has 0 radical (unpaired) electrons. The first-order valence-corrected chi connectivity index (χ1v) is 11.8. The number of cyclic esters (lactones) is 2. The van der Waals surface area contributed by atoms with E-state index in [1.54, 1.807) is 25.1 Å². The number of amides is 1. The van der Waals surface area contributed by atoms with Crippen molar-refractivity contribution in [1.29, 1.82) is 0 Å². The molecule has 0 saturated heterocycles. The molecule has 1 aromatic carbocycles. The number of aliphatic hydroxyl groups excluding tert-OH is 2. The molecule has 0 bridgehead atoms. The number of esters is 2. The maximum atomic E-state index is 13.1. The maximum absolute atomic E-state index is 13.1. The van der Waals surface area contributed by atoms with Gasteiger partial charge in [-0.1, -0.05) is 35.5 Å². The van der Waals surface area contributed by atoms with Crippen LogP contribution in [-0.2, 0) is 30.3 Å². The van der Waals surface area contributed by atoms with Gasteiger partial charge in [-0.2, -0.15) is 0 Å². The average Bonchev–Trinajstić information content (AvgIpc) is 2.89. The highest BCUT2D eigenvalue weighted by molar-refractivity contribution is 5.94. The second-order valence-electron chi connectivity index (χ2n) is 8.18. The Balaban J connectivity index is 2.28. The minimum Gasteiger partial charge on any atom is -0.507 e. The van der Waals surface area contributed by atoms with E-state index in [4.69, 9.17) is 9.47 Å². The van der Waals surface area contributed by atoms with Gasteiger partial charge in [0.25, 0.3) is 0 Å². The molecule has 1 amide bonds. The molecule has 3 unspecified atom stereocenters. The predicted octanol–water partition coefficient (Wildman–Crippen LogP) is 1.84. The van der Waals surface area contributed by atoms with E-state index in [1.807, 2.05) is 0 Å². The zero-order valence-corrected chi connectivity index (χ0v) is 21.1. The fourth-order valence-electron chi connectivity index (χ4n) is 3.32. The number of oxime groups is 1. The van der Waals surface area contributed by atoms with Gasteiger partial charge in [0.1, 0.15) is 30.6 Å². The summed E-state index contributed by atoms with van der Waals surface area (Å²) in [4.78, 5) is 41.9. The minimum atomic E-state index is -1.02. The summed E-state index contributed by atoms with van der Waals surface area (Å²) in [5.41, 5.74) is 0.942. The monoisotopic (exact) mass is 528 g/mol. The molecule has 11 heteroatoms. The standard InChI is InChI=1S/C27H32N2O9/c1-18-10-11-19-6-3-8-23(32)26(19)27(35)38-20(7-4-14-28-24(33)9-5-15-29-36-2)16-25(34)37-21(17-30)12-13-22(18)31/h3-6,8-10,12-15,20-22,30-32H,7,11,16-17H2,1-2H3,(H,28,33)/b9-5-,13-12+,14-4+,18-10?,29-15-. The van der Waals surface area contributed by atoms with E-state index in [9.17, 15) is 29.7 Å². The quantitative estimate of drug-likeness (QED) is 0.136. The Kier molecular flexibility index (Phi) is 12.5. The highest BCUT2D eigenvalue weighted by Gasteiger charge is 2.25. The molecular formula is C27H32N2O9. The molecule has 0 saturated carbocycles. The predicted molar refractivity (Wildman–Crippen MR) is 138 cm³/mol. The van der Waals surface area contributed by atoms with Gasteiger partial charge in [-0.15, -0.1) is 0 Å². The van der Waals surface area contributed by atoms with Crippen molar-refractivity contribution in [2.24, 2.45) is 5.16 Å². The lowest BCUT2D eigenvalue weighted by Gasteiger charge is -2.19. The van der Waals surface area contributed by atoms with Gasteiger partial charge in [0, 0.05) is 18.7 Å². The normalized spacial score (nSPS) is 22.2. The number of nitrogens with one attached hydrogen (secondary N) is 1. The Bertz CT molecular complexity index is 1120. The van der Waals surface area contributed by atoms with Gasteiger partial charge in [0.15, 0.2) is 0 Å². The number of aliphatic hydroxyl groups is 2. The molecule has 1 aromatic rings. The molecule has 1 heterocycles. The zero-order valence-electron chi connectivity index (χ0n) is 21.1. The van der Waals surface area contributed by atoms with Crippen LogP contribution in [-0.4, -0.2) is 71.4 Å². The highest BCUT2D eigenvalue weighted by atomic mass is 16.6. The van der Waals surface area contributed by atoms with Crippen LogP contribution >= 0.6 is 0 Å². The molecule has 38 heavy (non-hydrogen) atoms.